The fourth-order valence-corrected chi connectivity index (χ4v) is 10.6. The molecule has 1 aliphatic carbocycles. The van der Waals surface area contributed by atoms with Gasteiger partial charge in [-0.05, 0) is 53.7 Å². The predicted molar refractivity (Wildman–Crippen MR) is 139 cm³/mol. The van der Waals surface area contributed by atoms with Gasteiger partial charge in [-0.15, -0.1) is 0 Å². The summed E-state index contributed by atoms with van der Waals surface area (Å²) in [7, 11) is -2.70. The zero-order valence-corrected chi connectivity index (χ0v) is 21.9. The maximum Gasteiger partial charge on any atom is 0.261 e. The van der Waals surface area contributed by atoms with E-state index in [1.54, 1.807) is 0 Å². The van der Waals surface area contributed by atoms with Crippen LogP contribution < -0.4 is 10.4 Å². The third-order valence-corrected chi connectivity index (χ3v) is 12.8. The van der Waals surface area contributed by atoms with Crippen molar-refractivity contribution in [1.82, 2.24) is 0 Å². The van der Waals surface area contributed by atoms with Gasteiger partial charge in [0.2, 0.25) is 0 Å². The van der Waals surface area contributed by atoms with Gasteiger partial charge >= 0.3 is 0 Å². The average molecular weight is 465 g/mol. The zero-order valence-electron chi connectivity index (χ0n) is 20.9. The monoisotopic (exact) mass is 464 g/mol. The molecule has 1 heterocycles. The van der Waals surface area contributed by atoms with Gasteiger partial charge in [0.1, 0.15) is 11.7 Å². The summed E-state index contributed by atoms with van der Waals surface area (Å²) in [5, 5.41) is 13.8. The normalized spacial score (nSPS) is 24.0. The van der Waals surface area contributed by atoms with Crippen molar-refractivity contribution >= 4 is 18.7 Å². The Morgan fingerprint density at radius 2 is 1.45 bits per heavy atom. The fourth-order valence-electron chi connectivity index (χ4n) is 6.01. The van der Waals surface area contributed by atoms with E-state index in [2.05, 4.69) is 94.4 Å². The van der Waals surface area contributed by atoms with E-state index in [1.807, 2.05) is 6.92 Å². The molecule has 0 amide bonds. The highest BCUT2D eigenvalue weighted by Crippen LogP contribution is 2.47. The maximum absolute atomic E-state index is 11.5. The van der Waals surface area contributed by atoms with Crippen LogP contribution >= 0.6 is 0 Å². The number of hydrogen-bond donors (Lipinski definition) is 1. The van der Waals surface area contributed by atoms with E-state index < -0.39 is 20.0 Å². The lowest BCUT2D eigenvalue weighted by molar-refractivity contribution is -0.153. The molecule has 1 N–H and O–H groups in total. The summed E-state index contributed by atoms with van der Waals surface area (Å²) in [4.78, 5) is 0. The van der Waals surface area contributed by atoms with E-state index in [0.29, 0.717) is 0 Å². The Labute approximate surface area is 201 Å². The summed E-state index contributed by atoms with van der Waals surface area (Å²) in [5.74, 6) is 0. The first-order valence-electron chi connectivity index (χ1n) is 12.5. The van der Waals surface area contributed by atoms with Crippen LogP contribution in [0.25, 0.3) is 0 Å². The second-order valence-corrected chi connectivity index (χ2v) is 15.5. The van der Waals surface area contributed by atoms with E-state index in [-0.39, 0.29) is 17.2 Å². The molecule has 0 aromatic heterocycles. The molecule has 3 nitrogen and oxygen atoms in total. The standard InChI is InChI=1S/C29H40O3Si/c1-23-21-28(5,32-29(23)19-13-8-14-20-29)26(30)22-31-33(27(2,3)4,24-15-9-6-10-16-24)25-17-11-7-12-18-25/h6-7,9-12,15-18,21,26,30H,8,13-14,19-20,22H2,1-5H3/t26-,28+/m0/s1. The maximum atomic E-state index is 11.5. The highest BCUT2D eigenvalue weighted by molar-refractivity contribution is 6.99. The molecule has 4 rings (SSSR count). The Kier molecular flexibility index (Phi) is 6.76. The molecule has 0 bridgehead atoms. The van der Waals surface area contributed by atoms with Crippen LogP contribution in [0, 0.1) is 0 Å². The summed E-state index contributed by atoms with van der Waals surface area (Å²) in [5.41, 5.74) is 0.340. The molecule has 2 aromatic carbocycles. The molecule has 2 aliphatic rings. The van der Waals surface area contributed by atoms with Crippen LogP contribution in [0.5, 0.6) is 0 Å². The summed E-state index contributed by atoms with van der Waals surface area (Å²) in [6.07, 6.45) is 7.17. The first-order valence-corrected chi connectivity index (χ1v) is 14.4. The molecule has 1 fully saturated rings. The van der Waals surface area contributed by atoms with Gasteiger partial charge in [-0.25, -0.2) is 0 Å². The third kappa shape index (κ3) is 4.39. The number of ether oxygens (including phenoxy) is 1. The number of aliphatic hydroxyl groups excluding tert-OH is 1. The second kappa shape index (κ2) is 9.14. The van der Waals surface area contributed by atoms with Crippen LogP contribution in [0.4, 0.5) is 0 Å². The van der Waals surface area contributed by atoms with Crippen molar-refractivity contribution in [2.75, 3.05) is 6.61 Å². The molecule has 4 heteroatoms. The van der Waals surface area contributed by atoms with Gasteiger partial charge in [-0.1, -0.05) is 101 Å². The minimum absolute atomic E-state index is 0.122. The van der Waals surface area contributed by atoms with Gasteiger partial charge in [0.15, 0.2) is 0 Å². The first kappa shape index (κ1) is 24.4. The molecule has 2 aromatic rings. The lowest BCUT2D eigenvalue weighted by Gasteiger charge is -2.45. The van der Waals surface area contributed by atoms with E-state index in [9.17, 15) is 5.11 Å². The van der Waals surface area contributed by atoms with Crippen LogP contribution in [0.3, 0.4) is 0 Å². The van der Waals surface area contributed by atoms with E-state index in [4.69, 9.17) is 9.16 Å². The van der Waals surface area contributed by atoms with Gasteiger partial charge in [-0.3, -0.25) is 0 Å². The van der Waals surface area contributed by atoms with Gasteiger partial charge in [0.25, 0.3) is 8.32 Å². The fraction of sp³-hybridized carbons (Fsp3) is 0.517. The van der Waals surface area contributed by atoms with Crippen molar-refractivity contribution in [2.24, 2.45) is 0 Å². The summed E-state index contributed by atoms with van der Waals surface area (Å²) < 4.78 is 13.7. The SMILES string of the molecule is CC1=C[C@](C)([C@@H](O)CO[Si](c2ccccc2)(c2ccccc2)C(C)(C)C)OC12CCCCC2. The first-order chi connectivity index (χ1) is 15.6. The van der Waals surface area contributed by atoms with Crippen LogP contribution in [0.2, 0.25) is 5.04 Å². The molecule has 1 saturated carbocycles. The lowest BCUT2D eigenvalue weighted by atomic mass is 9.80. The molecule has 0 unspecified atom stereocenters. The molecule has 178 valence electrons. The van der Waals surface area contributed by atoms with Crippen molar-refractivity contribution < 1.29 is 14.3 Å². The zero-order chi connectivity index (χ0) is 23.7. The number of aliphatic hydroxyl groups is 1. The Hall–Kier alpha value is -1.72. The van der Waals surface area contributed by atoms with E-state index >= 15 is 0 Å². The van der Waals surface area contributed by atoms with Crippen molar-refractivity contribution in [1.29, 1.82) is 0 Å². The van der Waals surface area contributed by atoms with Crippen LogP contribution in [0.15, 0.2) is 72.3 Å². The summed E-state index contributed by atoms with van der Waals surface area (Å²) in [6.45, 7) is 11.2. The molecule has 2 atom stereocenters. The topological polar surface area (TPSA) is 38.7 Å². The van der Waals surface area contributed by atoms with Crippen LogP contribution in [-0.2, 0) is 9.16 Å². The van der Waals surface area contributed by atoms with E-state index in [1.165, 1.54) is 35.2 Å². The van der Waals surface area contributed by atoms with Gasteiger partial charge in [0, 0.05) is 0 Å². The molecule has 0 radical (unpaired) electrons. The van der Waals surface area contributed by atoms with Crippen molar-refractivity contribution in [3.63, 3.8) is 0 Å². The number of benzene rings is 2. The van der Waals surface area contributed by atoms with Crippen LogP contribution in [-0.4, -0.2) is 37.3 Å². The highest BCUT2D eigenvalue weighted by Gasteiger charge is 2.53. The van der Waals surface area contributed by atoms with Crippen molar-refractivity contribution in [2.45, 2.75) is 89.1 Å². The van der Waals surface area contributed by atoms with E-state index in [0.717, 1.165) is 12.8 Å². The Morgan fingerprint density at radius 3 is 1.94 bits per heavy atom. The molecule has 1 spiro atoms. The Morgan fingerprint density at radius 1 is 0.939 bits per heavy atom. The minimum Gasteiger partial charge on any atom is -0.405 e. The van der Waals surface area contributed by atoms with Crippen molar-refractivity contribution in [3.8, 4) is 0 Å². The van der Waals surface area contributed by atoms with Gasteiger partial charge < -0.3 is 14.3 Å². The summed E-state index contributed by atoms with van der Waals surface area (Å²) >= 11 is 0. The molecular formula is C29H40O3Si. The quantitative estimate of drug-likeness (QED) is 0.462. The van der Waals surface area contributed by atoms with Gasteiger partial charge in [0.05, 0.1) is 12.2 Å². The molecule has 1 aliphatic heterocycles. The second-order valence-electron chi connectivity index (χ2n) is 11.2. The average Bonchev–Trinajstić information content (AvgIpc) is 3.05. The number of rotatable bonds is 6. The van der Waals surface area contributed by atoms with Gasteiger partial charge in [-0.2, -0.15) is 0 Å². The molecule has 0 saturated heterocycles. The third-order valence-electron chi connectivity index (χ3n) is 7.83. The Balaban J connectivity index is 1.66. The predicted octanol–water partition coefficient (Wildman–Crippen LogP) is 5.36. The molecule has 33 heavy (non-hydrogen) atoms. The Bertz CT molecular complexity index is 918. The largest absolute Gasteiger partial charge is 0.405 e. The summed E-state index contributed by atoms with van der Waals surface area (Å²) in [6, 6.07) is 21.2. The molecular weight excluding hydrogens is 424 g/mol. The van der Waals surface area contributed by atoms with Crippen molar-refractivity contribution in [3.05, 3.63) is 72.3 Å². The highest BCUT2D eigenvalue weighted by atomic mass is 28.4. The minimum atomic E-state index is -2.70. The number of hydrogen-bond acceptors (Lipinski definition) is 3. The smallest absolute Gasteiger partial charge is 0.261 e. The lowest BCUT2D eigenvalue weighted by Crippen LogP contribution is -2.67. The van der Waals surface area contributed by atoms with Crippen LogP contribution in [0.1, 0.15) is 66.7 Å².